The summed E-state index contributed by atoms with van der Waals surface area (Å²) in [6, 6.07) is 13.7. The Hall–Kier alpha value is -2.47. The van der Waals surface area contributed by atoms with Crippen molar-refractivity contribution in [2.45, 2.75) is 17.7 Å². The van der Waals surface area contributed by atoms with Crippen LogP contribution in [0, 0.1) is 5.92 Å². The molecule has 5 nitrogen and oxygen atoms in total. The highest BCUT2D eigenvalue weighted by Gasteiger charge is 2.29. The molecule has 24 heavy (non-hydrogen) atoms. The fourth-order valence-electron chi connectivity index (χ4n) is 2.26. The van der Waals surface area contributed by atoms with E-state index in [0.717, 1.165) is 12.8 Å². The topological polar surface area (TPSA) is 75.3 Å². The average molecular weight is 342 g/mol. The van der Waals surface area contributed by atoms with Gasteiger partial charge in [0.2, 0.25) is 5.91 Å². The Labute approximate surface area is 142 Å². The Morgan fingerprint density at radius 2 is 1.71 bits per heavy atom. The summed E-state index contributed by atoms with van der Waals surface area (Å²) >= 11 is 0. The van der Waals surface area contributed by atoms with E-state index in [-0.39, 0.29) is 17.7 Å². The fourth-order valence-corrected chi connectivity index (χ4v) is 2.78. The third kappa shape index (κ3) is 4.08. The van der Waals surface area contributed by atoms with E-state index in [1.54, 1.807) is 54.8 Å². The molecule has 0 heterocycles. The summed E-state index contributed by atoms with van der Waals surface area (Å²) in [4.78, 5) is 24.8. The van der Waals surface area contributed by atoms with Crippen LogP contribution in [-0.4, -0.2) is 22.3 Å². The van der Waals surface area contributed by atoms with E-state index in [1.165, 1.54) is 0 Å². The molecule has 1 atom stereocenters. The monoisotopic (exact) mass is 342 g/mol. The molecule has 2 aromatic rings. The van der Waals surface area contributed by atoms with Crippen LogP contribution in [0.1, 0.15) is 23.2 Å². The van der Waals surface area contributed by atoms with Gasteiger partial charge in [0.25, 0.3) is 5.91 Å². The van der Waals surface area contributed by atoms with Crippen LogP contribution in [0.3, 0.4) is 0 Å². The molecule has 1 aliphatic rings. The van der Waals surface area contributed by atoms with Gasteiger partial charge in [-0.15, -0.1) is 0 Å². The molecular formula is C18H18N2O3S. The summed E-state index contributed by atoms with van der Waals surface area (Å²) in [6.07, 6.45) is 3.48. The Balaban J connectivity index is 1.67. The first-order chi connectivity index (χ1) is 11.5. The van der Waals surface area contributed by atoms with Crippen LogP contribution in [0.2, 0.25) is 0 Å². The van der Waals surface area contributed by atoms with Crippen LogP contribution in [0.4, 0.5) is 11.4 Å². The SMILES string of the molecule is CS(=O)c1ccc(NC(=O)c2cccc(NC(=O)C3CC3)c2)cc1. The molecule has 0 bridgehead atoms. The Morgan fingerprint density at radius 1 is 1.00 bits per heavy atom. The van der Waals surface area contributed by atoms with Gasteiger partial charge in [-0.25, -0.2) is 0 Å². The Bertz CT molecular complexity index is 798. The van der Waals surface area contributed by atoms with Crippen molar-refractivity contribution in [2.75, 3.05) is 16.9 Å². The second kappa shape index (κ2) is 6.97. The fraction of sp³-hybridized carbons (Fsp3) is 0.222. The maximum Gasteiger partial charge on any atom is 0.255 e. The third-order valence-corrected chi connectivity index (χ3v) is 4.72. The minimum absolute atomic E-state index is 0.00992. The number of carbonyl (C=O) groups is 2. The summed E-state index contributed by atoms with van der Waals surface area (Å²) in [5, 5.41) is 5.62. The second-order valence-electron chi connectivity index (χ2n) is 5.78. The van der Waals surface area contributed by atoms with Crippen molar-refractivity contribution in [3.8, 4) is 0 Å². The second-order valence-corrected chi connectivity index (χ2v) is 7.16. The highest BCUT2D eigenvalue weighted by molar-refractivity contribution is 7.84. The number of hydrogen-bond donors (Lipinski definition) is 2. The summed E-state index contributed by atoms with van der Waals surface area (Å²) in [7, 11) is -1.05. The molecule has 0 spiro atoms. The largest absolute Gasteiger partial charge is 0.326 e. The van der Waals surface area contributed by atoms with Gasteiger partial charge in [-0.05, 0) is 55.3 Å². The predicted octanol–water partition coefficient (Wildman–Crippen LogP) is 3.02. The number of hydrogen-bond acceptors (Lipinski definition) is 3. The minimum atomic E-state index is -1.05. The van der Waals surface area contributed by atoms with Gasteiger partial charge in [0.15, 0.2) is 0 Å². The molecule has 6 heteroatoms. The lowest BCUT2D eigenvalue weighted by Crippen LogP contribution is -2.15. The van der Waals surface area contributed by atoms with Crippen molar-refractivity contribution in [1.29, 1.82) is 0 Å². The van der Waals surface area contributed by atoms with Crippen LogP contribution >= 0.6 is 0 Å². The van der Waals surface area contributed by atoms with Gasteiger partial charge in [-0.1, -0.05) is 6.07 Å². The van der Waals surface area contributed by atoms with Crippen LogP contribution in [0.5, 0.6) is 0 Å². The first kappa shape index (κ1) is 16.4. The van der Waals surface area contributed by atoms with Gasteiger partial charge in [-0.2, -0.15) is 0 Å². The maximum absolute atomic E-state index is 12.3. The number of benzene rings is 2. The zero-order valence-corrected chi connectivity index (χ0v) is 14.1. The van der Waals surface area contributed by atoms with E-state index in [9.17, 15) is 13.8 Å². The number of nitrogens with one attached hydrogen (secondary N) is 2. The highest BCUT2D eigenvalue weighted by atomic mass is 32.2. The summed E-state index contributed by atoms with van der Waals surface area (Å²) < 4.78 is 11.4. The summed E-state index contributed by atoms with van der Waals surface area (Å²) in [5.74, 6) is -0.135. The number of rotatable bonds is 5. The standard InChI is InChI=1S/C18H18N2O3S/c1-24(23)16-9-7-14(8-10-16)19-18(22)13-3-2-4-15(11-13)20-17(21)12-5-6-12/h2-4,7-12H,5-6H2,1H3,(H,19,22)(H,20,21). The average Bonchev–Trinajstić information content (AvgIpc) is 3.40. The van der Waals surface area contributed by atoms with E-state index in [1.807, 2.05) is 0 Å². The van der Waals surface area contributed by atoms with Gasteiger partial charge >= 0.3 is 0 Å². The van der Waals surface area contributed by atoms with Crippen molar-refractivity contribution in [3.63, 3.8) is 0 Å². The van der Waals surface area contributed by atoms with Crippen LogP contribution in [0.15, 0.2) is 53.4 Å². The molecule has 124 valence electrons. The number of carbonyl (C=O) groups excluding carboxylic acids is 2. The Kier molecular flexibility index (Phi) is 4.76. The summed E-state index contributed by atoms with van der Waals surface area (Å²) in [5.41, 5.74) is 1.71. The summed E-state index contributed by atoms with van der Waals surface area (Å²) in [6.45, 7) is 0. The highest BCUT2D eigenvalue weighted by Crippen LogP contribution is 2.30. The molecule has 0 aromatic heterocycles. The van der Waals surface area contributed by atoms with Crippen molar-refractivity contribution >= 4 is 34.0 Å². The Morgan fingerprint density at radius 3 is 2.33 bits per heavy atom. The van der Waals surface area contributed by atoms with Crippen LogP contribution in [0.25, 0.3) is 0 Å². The minimum Gasteiger partial charge on any atom is -0.326 e. The van der Waals surface area contributed by atoms with Crippen LogP contribution < -0.4 is 10.6 Å². The molecule has 1 fully saturated rings. The van der Waals surface area contributed by atoms with Crippen molar-refractivity contribution < 1.29 is 13.8 Å². The lowest BCUT2D eigenvalue weighted by Gasteiger charge is -2.08. The lowest BCUT2D eigenvalue weighted by atomic mass is 10.1. The number of amides is 2. The molecule has 2 amide bonds. The van der Waals surface area contributed by atoms with Gasteiger partial charge in [-0.3, -0.25) is 13.8 Å². The van der Waals surface area contributed by atoms with Gasteiger partial charge in [0.1, 0.15) is 0 Å². The predicted molar refractivity (Wildman–Crippen MR) is 94.5 cm³/mol. The van der Waals surface area contributed by atoms with Gasteiger partial charge in [0.05, 0.1) is 0 Å². The third-order valence-electron chi connectivity index (χ3n) is 3.78. The van der Waals surface area contributed by atoms with Crippen molar-refractivity contribution in [2.24, 2.45) is 5.92 Å². The molecule has 0 radical (unpaired) electrons. The quantitative estimate of drug-likeness (QED) is 0.877. The van der Waals surface area contributed by atoms with E-state index in [4.69, 9.17) is 0 Å². The van der Waals surface area contributed by atoms with E-state index in [0.29, 0.717) is 21.8 Å². The lowest BCUT2D eigenvalue weighted by molar-refractivity contribution is -0.117. The van der Waals surface area contributed by atoms with Gasteiger partial charge in [0, 0.05) is 44.8 Å². The number of anilines is 2. The molecule has 2 aromatic carbocycles. The van der Waals surface area contributed by atoms with E-state index in [2.05, 4.69) is 10.6 Å². The molecule has 3 rings (SSSR count). The van der Waals surface area contributed by atoms with Crippen molar-refractivity contribution in [1.82, 2.24) is 0 Å². The zero-order chi connectivity index (χ0) is 17.1. The normalized spacial score (nSPS) is 14.7. The van der Waals surface area contributed by atoms with E-state index >= 15 is 0 Å². The molecule has 1 saturated carbocycles. The first-order valence-electron chi connectivity index (χ1n) is 7.69. The van der Waals surface area contributed by atoms with Gasteiger partial charge < -0.3 is 10.6 Å². The molecule has 2 N–H and O–H groups in total. The maximum atomic E-state index is 12.3. The van der Waals surface area contributed by atoms with E-state index < -0.39 is 10.8 Å². The molecular weight excluding hydrogens is 324 g/mol. The van der Waals surface area contributed by atoms with Crippen molar-refractivity contribution in [3.05, 3.63) is 54.1 Å². The smallest absolute Gasteiger partial charge is 0.255 e. The zero-order valence-electron chi connectivity index (χ0n) is 13.2. The molecule has 0 saturated heterocycles. The molecule has 0 aliphatic heterocycles. The first-order valence-corrected chi connectivity index (χ1v) is 9.24. The molecule has 1 aliphatic carbocycles. The molecule has 1 unspecified atom stereocenters. The van der Waals surface area contributed by atoms with Crippen LogP contribution in [-0.2, 0) is 15.6 Å².